The van der Waals surface area contributed by atoms with Crippen LogP contribution in [0.1, 0.15) is 42.7 Å². The van der Waals surface area contributed by atoms with Crippen molar-refractivity contribution in [2.45, 2.75) is 39.8 Å². The summed E-state index contributed by atoms with van der Waals surface area (Å²) in [4.78, 5) is 21.1. The zero-order chi connectivity index (χ0) is 17.7. The fourth-order valence-corrected chi connectivity index (χ4v) is 2.68. The SMILES string of the molecule is CCc1noc(CN(CC)C(=O)C(c2cccc(C)c2)N(C)C)n1. The lowest BCUT2D eigenvalue weighted by Crippen LogP contribution is -2.40. The smallest absolute Gasteiger partial charge is 0.246 e. The van der Waals surface area contributed by atoms with Crippen LogP contribution in [-0.2, 0) is 17.8 Å². The molecule has 1 amide bonds. The Hall–Kier alpha value is -2.21. The quantitative estimate of drug-likeness (QED) is 0.781. The highest BCUT2D eigenvalue weighted by atomic mass is 16.5. The molecule has 2 aromatic rings. The molecule has 2 rings (SSSR count). The van der Waals surface area contributed by atoms with Crippen molar-refractivity contribution in [3.8, 4) is 0 Å². The zero-order valence-corrected chi connectivity index (χ0v) is 15.1. The van der Waals surface area contributed by atoms with Crippen LogP contribution in [0.25, 0.3) is 0 Å². The molecule has 0 radical (unpaired) electrons. The Balaban J connectivity index is 2.23. The summed E-state index contributed by atoms with van der Waals surface area (Å²) >= 11 is 0. The first-order valence-electron chi connectivity index (χ1n) is 8.29. The minimum absolute atomic E-state index is 0.0318. The van der Waals surface area contributed by atoms with Crippen molar-refractivity contribution in [3.05, 3.63) is 47.1 Å². The van der Waals surface area contributed by atoms with E-state index in [9.17, 15) is 4.79 Å². The van der Waals surface area contributed by atoms with Gasteiger partial charge in [0.1, 0.15) is 12.6 Å². The highest BCUT2D eigenvalue weighted by Gasteiger charge is 2.28. The average molecular weight is 330 g/mol. The molecule has 0 N–H and O–H groups in total. The lowest BCUT2D eigenvalue weighted by Gasteiger charge is -2.29. The minimum atomic E-state index is -0.335. The predicted octanol–water partition coefficient (Wildman–Crippen LogP) is 2.59. The fourth-order valence-electron chi connectivity index (χ4n) is 2.68. The molecular formula is C18H26N4O2. The Morgan fingerprint density at radius 3 is 2.58 bits per heavy atom. The first-order valence-corrected chi connectivity index (χ1v) is 8.29. The second-order valence-corrected chi connectivity index (χ2v) is 6.09. The van der Waals surface area contributed by atoms with Crippen molar-refractivity contribution in [2.75, 3.05) is 20.6 Å². The Morgan fingerprint density at radius 2 is 2.04 bits per heavy atom. The second kappa shape index (κ2) is 8.06. The number of hydrogen-bond acceptors (Lipinski definition) is 5. The van der Waals surface area contributed by atoms with E-state index in [1.165, 1.54) is 0 Å². The molecule has 0 aliphatic rings. The molecule has 1 unspecified atom stereocenters. The maximum atomic E-state index is 13.1. The summed E-state index contributed by atoms with van der Waals surface area (Å²) in [5.74, 6) is 1.17. The number of rotatable bonds is 7. The molecular weight excluding hydrogens is 304 g/mol. The van der Waals surface area contributed by atoms with Gasteiger partial charge in [-0.25, -0.2) is 0 Å². The number of amides is 1. The largest absolute Gasteiger partial charge is 0.337 e. The molecule has 1 aromatic heterocycles. The summed E-state index contributed by atoms with van der Waals surface area (Å²) in [6.45, 7) is 6.87. The highest BCUT2D eigenvalue weighted by molar-refractivity contribution is 5.83. The molecule has 130 valence electrons. The van der Waals surface area contributed by atoms with E-state index in [4.69, 9.17) is 4.52 Å². The first-order chi connectivity index (χ1) is 11.5. The lowest BCUT2D eigenvalue weighted by molar-refractivity contribution is -0.137. The van der Waals surface area contributed by atoms with Gasteiger partial charge in [0.05, 0.1) is 0 Å². The molecule has 1 heterocycles. The van der Waals surface area contributed by atoms with E-state index >= 15 is 0 Å². The second-order valence-electron chi connectivity index (χ2n) is 6.09. The number of nitrogens with zero attached hydrogens (tertiary/aromatic N) is 4. The molecule has 6 heteroatoms. The maximum Gasteiger partial charge on any atom is 0.246 e. The third-order valence-corrected chi connectivity index (χ3v) is 3.95. The fraction of sp³-hybridized carbons (Fsp3) is 0.500. The van der Waals surface area contributed by atoms with Gasteiger partial charge < -0.3 is 9.42 Å². The van der Waals surface area contributed by atoms with Gasteiger partial charge in [0.15, 0.2) is 5.82 Å². The summed E-state index contributed by atoms with van der Waals surface area (Å²) in [6, 6.07) is 7.72. The van der Waals surface area contributed by atoms with E-state index in [1.54, 1.807) is 4.90 Å². The molecule has 0 saturated carbocycles. The summed E-state index contributed by atoms with van der Waals surface area (Å²) in [5, 5.41) is 3.90. The van der Waals surface area contributed by atoms with Crippen molar-refractivity contribution in [2.24, 2.45) is 0 Å². The molecule has 1 aromatic carbocycles. The topological polar surface area (TPSA) is 62.5 Å². The Morgan fingerprint density at radius 1 is 1.29 bits per heavy atom. The maximum absolute atomic E-state index is 13.1. The van der Waals surface area contributed by atoms with Gasteiger partial charge in [0.25, 0.3) is 0 Å². The Bertz CT molecular complexity index is 681. The third kappa shape index (κ3) is 4.20. The van der Waals surface area contributed by atoms with Gasteiger partial charge in [0.2, 0.25) is 11.8 Å². The van der Waals surface area contributed by atoms with E-state index in [-0.39, 0.29) is 11.9 Å². The number of likely N-dealkylation sites (N-methyl/N-ethyl adjacent to an activating group) is 2. The Labute approximate surface area is 143 Å². The normalized spacial score (nSPS) is 12.4. The number of benzene rings is 1. The van der Waals surface area contributed by atoms with Crippen LogP contribution >= 0.6 is 0 Å². The van der Waals surface area contributed by atoms with Gasteiger partial charge in [-0.1, -0.05) is 41.9 Å². The molecule has 6 nitrogen and oxygen atoms in total. The van der Waals surface area contributed by atoms with Crippen LogP contribution < -0.4 is 0 Å². The minimum Gasteiger partial charge on any atom is -0.337 e. The van der Waals surface area contributed by atoms with Crippen LogP contribution in [0, 0.1) is 6.92 Å². The van der Waals surface area contributed by atoms with Crippen LogP contribution in [0.2, 0.25) is 0 Å². The van der Waals surface area contributed by atoms with Crippen LogP contribution in [0.5, 0.6) is 0 Å². The van der Waals surface area contributed by atoms with Gasteiger partial charge in [0, 0.05) is 13.0 Å². The van der Waals surface area contributed by atoms with Crippen LogP contribution in [0.15, 0.2) is 28.8 Å². The van der Waals surface area contributed by atoms with Crippen LogP contribution in [0.3, 0.4) is 0 Å². The van der Waals surface area contributed by atoms with Gasteiger partial charge in [-0.05, 0) is 33.5 Å². The van der Waals surface area contributed by atoms with Crippen molar-refractivity contribution in [1.82, 2.24) is 19.9 Å². The summed E-state index contributed by atoms with van der Waals surface area (Å²) in [5.41, 5.74) is 2.13. The Kier molecular flexibility index (Phi) is 6.09. The zero-order valence-electron chi connectivity index (χ0n) is 15.1. The van der Waals surface area contributed by atoms with E-state index in [0.717, 1.165) is 11.1 Å². The van der Waals surface area contributed by atoms with Gasteiger partial charge in [-0.3, -0.25) is 9.69 Å². The summed E-state index contributed by atoms with van der Waals surface area (Å²) < 4.78 is 5.23. The third-order valence-electron chi connectivity index (χ3n) is 3.95. The van der Waals surface area contributed by atoms with Crippen molar-refractivity contribution < 1.29 is 9.32 Å². The number of hydrogen-bond donors (Lipinski definition) is 0. The molecule has 0 fully saturated rings. The molecule has 0 aliphatic carbocycles. The standard InChI is InChI=1S/C18H26N4O2/c1-6-15-19-16(24-20-15)12-22(7-2)18(23)17(21(4)5)14-10-8-9-13(3)11-14/h8-11,17H,6-7,12H2,1-5H3. The summed E-state index contributed by atoms with van der Waals surface area (Å²) in [7, 11) is 3.83. The molecule has 0 aliphatic heterocycles. The molecule has 0 bridgehead atoms. The number of aromatic nitrogens is 2. The van der Waals surface area contributed by atoms with Crippen molar-refractivity contribution >= 4 is 5.91 Å². The number of carbonyl (C=O) groups is 1. The predicted molar refractivity (Wildman–Crippen MR) is 92.4 cm³/mol. The molecule has 24 heavy (non-hydrogen) atoms. The molecule has 0 saturated heterocycles. The molecule has 1 atom stereocenters. The van der Waals surface area contributed by atoms with E-state index < -0.39 is 0 Å². The first kappa shape index (κ1) is 18.1. The summed E-state index contributed by atoms with van der Waals surface area (Å²) in [6.07, 6.45) is 0.715. The number of carbonyl (C=O) groups excluding carboxylic acids is 1. The van der Waals surface area contributed by atoms with Crippen molar-refractivity contribution in [3.63, 3.8) is 0 Å². The monoisotopic (exact) mass is 330 g/mol. The van der Waals surface area contributed by atoms with E-state index in [0.29, 0.717) is 31.2 Å². The molecule has 0 spiro atoms. The van der Waals surface area contributed by atoms with E-state index in [1.807, 2.05) is 58.0 Å². The van der Waals surface area contributed by atoms with Gasteiger partial charge in [-0.15, -0.1) is 0 Å². The van der Waals surface area contributed by atoms with Gasteiger partial charge >= 0.3 is 0 Å². The highest BCUT2D eigenvalue weighted by Crippen LogP contribution is 2.22. The van der Waals surface area contributed by atoms with E-state index in [2.05, 4.69) is 16.2 Å². The van der Waals surface area contributed by atoms with Gasteiger partial charge in [-0.2, -0.15) is 4.98 Å². The average Bonchev–Trinajstić information content (AvgIpc) is 3.00. The lowest BCUT2D eigenvalue weighted by atomic mass is 10.0. The van der Waals surface area contributed by atoms with Crippen molar-refractivity contribution in [1.29, 1.82) is 0 Å². The number of aryl methyl sites for hydroxylation is 2. The van der Waals surface area contributed by atoms with Crippen LogP contribution in [0.4, 0.5) is 0 Å². The van der Waals surface area contributed by atoms with Crippen LogP contribution in [-0.4, -0.2) is 46.5 Å².